The van der Waals surface area contributed by atoms with Crippen molar-refractivity contribution in [3.63, 3.8) is 0 Å². The monoisotopic (exact) mass is 397 g/mol. The van der Waals surface area contributed by atoms with Crippen molar-refractivity contribution >= 4 is 23.3 Å². The lowest BCUT2D eigenvalue weighted by molar-refractivity contribution is -0.384. The summed E-state index contributed by atoms with van der Waals surface area (Å²) in [6.45, 7) is -0.451. The Hall–Kier alpha value is -3.42. The molecule has 3 rings (SSSR count). The van der Waals surface area contributed by atoms with Crippen molar-refractivity contribution in [1.82, 2.24) is 5.32 Å². The molecule has 0 heterocycles. The van der Waals surface area contributed by atoms with Gasteiger partial charge in [-0.15, -0.1) is 0 Å². The van der Waals surface area contributed by atoms with Crippen LogP contribution in [0.25, 0.3) is 0 Å². The number of anilines is 1. The standard InChI is InChI=1S/C21H23N3O5/c1-23(2)19-11-10-15(24(27)28)12-17(19)21(26)29-13-20(25)22-18-9-5-7-14-6-3-4-8-16(14)18/h3-4,6,8,10-12,18H,5,7,9,13H2,1-2H3,(H,22,25)/t18-/m1/s1. The zero-order valence-corrected chi connectivity index (χ0v) is 16.4. The summed E-state index contributed by atoms with van der Waals surface area (Å²) < 4.78 is 5.14. The highest BCUT2D eigenvalue weighted by Crippen LogP contribution is 2.29. The number of hydrogen-bond acceptors (Lipinski definition) is 6. The summed E-state index contributed by atoms with van der Waals surface area (Å²) in [6, 6.07) is 11.8. The topological polar surface area (TPSA) is 102 Å². The average molecular weight is 397 g/mol. The minimum absolute atomic E-state index is 0.0417. The lowest BCUT2D eigenvalue weighted by Gasteiger charge is -2.26. The first-order chi connectivity index (χ1) is 13.9. The van der Waals surface area contributed by atoms with Gasteiger partial charge in [0.15, 0.2) is 6.61 Å². The van der Waals surface area contributed by atoms with Gasteiger partial charge in [0.25, 0.3) is 11.6 Å². The molecule has 0 bridgehead atoms. The lowest BCUT2D eigenvalue weighted by atomic mass is 9.88. The number of hydrogen-bond donors (Lipinski definition) is 1. The maximum Gasteiger partial charge on any atom is 0.341 e. The number of fused-ring (bicyclic) bond motifs is 1. The molecule has 0 aliphatic heterocycles. The van der Waals surface area contributed by atoms with Crippen molar-refractivity contribution in [1.29, 1.82) is 0 Å². The Labute approximate surface area is 168 Å². The molecule has 1 aliphatic rings. The molecule has 0 radical (unpaired) electrons. The van der Waals surface area contributed by atoms with E-state index in [2.05, 4.69) is 11.4 Å². The first-order valence-corrected chi connectivity index (χ1v) is 9.37. The van der Waals surface area contributed by atoms with Crippen LogP contribution in [0.3, 0.4) is 0 Å². The quantitative estimate of drug-likeness (QED) is 0.457. The van der Waals surface area contributed by atoms with Crippen molar-refractivity contribution in [3.8, 4) is 0 Å². The third kappa shape index (κ3) is 4.71. The van der Waals surface area contributed by atoms with Crippen LogP contribution in [0, 0.1) is 10.1 Å². The van der Waals surface area contributed by atoms with E-state index in [4.69, 9.17) is 4.74 Å². The molecule has 8 heteroatoms. The minimum atomic E-state index is -0.781. The highest BCUT2D eigenvalue weighted by molar-refractivity contribution is 5.97. The Morgan fingerprint density at radius 3 is 2.72 bits per heavy atom. The van der Waals surface area contributed by atoms with Crippen molar-refractivity contribution in [3.05, 3.63) is 69.3 Å². The second kappa shape index (κ2) is 8.72. The summed E-state index contributed by atoms with van der Waals surface area (Å²) in [5, 5.41) is 13.9. The number of nitrogens with zero attached hydrogens (tertiary/aromatic N) is 2. The largest absolute Gasteiger partial charge is 0.452 e. The Kier molecular flexibility index (Phi) is 6.11. The van der Waals surface area contributed by atoms with Crippen LogP contribution in [0.5, 0.6) is 0 Å². The van der Waals surface area contributed by atoms with Gasteiger partial charge in [-0.25, -0.2) is 4.79 Å². The SMILES string of the molecule is CN(C)c1ccc([N+](=O)[O-])cc1C(=O)OCC(=O)N[C@@H]1CCCc2ccccc21. The van der Waals surface area contributed by atoms with E-state index in [-0.39, 0.29) is 17.3 Å². The molecule has 0 fully saturated rings. The van der Waals surface area contributed by atoms with Gasteiger partial charge >= 0.3 is 5.97 Å². The van der Waals surface area contributed by atoms with Gasteiger partial charge in [-0.1, -0.05) is 24.3 Å². The van der Waals surface area contributed by atoms with Gasteiger partial charge in [0.05, 0.1) is 22.2 Å². The fraction of sp³-hybridized carbons (Fsp3) is 0.333. The molecule has 1 N–H and O–H groups in total. The average Bonchev–Trinajstić information content (AvgIpc) is 2.71. The highest BCUT2D eigenvalue weighted by Gasteiger charge is 2.23. The van der Waals surface area contributed by atoms with Gasteiger partial charge < -0.3 is 15.0 Å². The van der Waals surface area contributed by atoms with Gasteiger partial charge in [-0.3, -0.25) is 14.9 Å². The fourth-order valence-electron chi connectivity index (χ4n) is 3.54. The fourth-order valence-corrected chi connectivity index (χ4v) is 3.54. The molecule has 0 saturated heterocycles. The maximum absolute atomic E-state index is 12.5. The van der Waals surface area contributed by atoms with Crippen molar-refractivity contribution < 1.29 is 19.2 Å². The molecule has 0 aromatic heterocycles. The molecular formula is C21H23N3O5. The molecule has 0 saturated carbocycles. The van der Waals surface area contributed by atoms with Crippen LogP contribution in [0.2, 0.25) is 0 Å². The summed E-state index contributed by atoms with van der Waals surface area (Å²) >= 11 is 0. The van der Waals surface area contributed by atoms with Crippen LogP contribution < -0.4 is 10.2 Å². The van der Waals surface area contributed by atoms with E-state index in [0.29, 0.717) is 5.69 Å². The van der Waals surface area contributed by atoms with E-state index in [0.717, 1.165) is 30.9 Å². The maximum atomic E-state index is 12.5. The van der Waals surface area contributed by atoms with E-state index >= 15 is 0 Å². The number of carbonyl (C=O) groups excluding carboxylic acids is 2. The molecule has 152 valence electrons. The van der Waals surface area contributed by atoms with Crippen molar-refractivity contribution in [2.45, 2.75) is 25.3 Å². The van der Waals surface area contributed by atoms with E-state index in [1.807, 2.05) is 18.2 Å². The zero-order chi connectivity index (χ0) is 21.0. The Balaban J connectivity index is 1.66. The number of rotatable bonds is 6. The van der Waals surface area contributed by atoms with Crippen molar-refractivity contribution in [2.24, 2.45) is 0 Å². The molecule has 0 unspecified atom stereocenters. The Morgan fingerprint density at radius 1 is 1.24 bits per heavy atom. The molecule has 2 aromatic rings. The first-order valence-electron chi connectivity index (χ1n) is 9.37. The van der Waals surface area contributed by atoms with Crippen LogP contribution in [0.1, 0.15) is 40.4 Å². The van der Waals surface area contributed by atoms with Crippen LogP contribution in [0.4, 0.5) is 11.4 Å². The smallest absolute Gasteiger partial charge is 0.341 e. The van der Waals surface area contributed by atoms with Gasteiger partial charge in [0, 0.05) is 26.2 Å². The summed E-state index contributed by atoms with van der Waals surface area (Å²) in [7, 11) is 3.43. The Bertz CT molecular complexity index is 942. The molecule has 29 heavy (non-hydrogen) atoms. The molecule has 1 amide bonds. The summed E-state index contributed by atoms with van der Waals surface area (Å²) in [5.74, 6) is -1.19. The van der Waals surface area contributed by atoms with Crippen LogP contribution in [0.15, 0.2) is 42.5 Å². The van der Waals surface area contributed by atoms with Crippen molar-refractivity contribution in [2.75, 3.05) is 25.6 Å². The van der Waals surface area contributed by atoms with E-state index < -0.39 is 23.4 Å². The van der Waals surface area contributed by atoms with E-state index in [9.17, 15) is 19.7 Å². The number of ether oxygens (including phenoxy) is 1. The lowest BCUT2D eigenvalue weighted by Crippen LogP contribution is -2.34. The molecule has 1 atom stereocenters. The normalized spacial score (nSPS) is 15.2. The first kappa shape index (κ1) is 20.3. The predicted molar refractivity (Wildman–Crippen MR) is 108 cm³/mol. The predicted octanol–water partition coefficient (Wildman–Crippen LogP) is 3.01. The number of nitro benzene ring substituents is 1. The van der Waals surface area contributed by atoms with Gasteiger partial charge in [-0.2, -0.15) is 0 Å². The number of nitro groups is 1. The third-order valence-corrected chi connectivity index (χ3v) is 4.93. The number of carbonyl (C=O) groups is 2. The number of nitrogens with one attached hydrogen (secondary N) is 1. The number of benzene rings is 2. The Morgan fingerprint density at radius 2 is 2.00 bits per heavy atom. The summed E-state index contributed by atoms with van der Waals surface area (Å²) in [5.41, 5.74) is 2.60. The van der Waals surface area contributed by atoms with Crippen LogP contribution in [-0.4, -0.2) is 37.5 Å². The van der Waals surface area contributed by atoms with Gasteiger partial charge in [0.2, 0.25) is 0 Å². The van der Waals surface area contributed by atoms with Gasteiger partial charge in [-0.05, 0) is 36.5 Å². The molecule has 8 nitrogen and oxygen atoms in total. The second-order valence-electron chi connectivity index (χ2n) is 7.14. The molecule has 2 aromatic carbocycles. The number of amides is 1. The minimum Gasteiger partial charge on any atom is -0.452 e. The number of non-ortho nitro benzene ring substituents is 1. The van der Waals surface area contributed by atoms with E-state index in [1.54, 1.807) is 19.0 Å². The molecular weight excluding hydrogens is 374 g/mol. The number of esters is 1. The van der Waals surface area contributed by atoms with Crippen LogP contribution >= 0.6 is 0 Å². The molecule has 1 aliphatic carbocycles. The molecule has 0 spiro atoms. The third-order valence-electron chi connectivity index (χ3n) is 4.93. The second-order valence-corrected chi connectivity index (χ2v) is 7.14. The number of aryl methyl sites for hydroxylation is 1. The highest BCUT2D eigenvalue weighted by atomic mass is 16.6. The summed E-state index contributed by atoms with van der Waals surface area (Å²) in [6.07, 6.45) is 2.78. The van der Waals surface area contributed by atoms with Gasteiger partial charge in [0.1, 0.15) is 0 Å². The van der Waals surface area contributed by atoms with Crippen LogP contribution in [-0.2, 0) is 16.0 Å². The summed E-state index contributed by atoms with van der Waals surface area (Å²) in [4.78, 5) is 36.9. The van der Waals surface area contributed by atoms with E-state index in [1.165, 1.54) is 17.7 Å². The zero-order valence-electron chi connectivity index (χ0n) is 16.4.